The lowest BCUT2D eigenvalue weighted by atomic mass is 9.88. The Labute approximate surface area is 107 Å². The van der Waals surface area contributed by atoms with Crippen molar-refractivity contribution in [3.8, 4) is 0 Å². The van der Waals surface area contributed by atoms with Crippen LogP contribution in [0.2, 0.25) is 0 Å². The van der Waals surface area contributed by atoms with E-state index < -0.39 is 0 Å². The molecule has 0 amide bonds. The van der Waals surface area contributed by atoms with Gasteiger partial charge in [0.1, 0.15) is 5.82 Å². The fourth-order valence-corrected chi connectivity index (χ4v) is 2.59. The second-order valence-electron chi connectivity index (χ2n) is 4.94. The van der Waals surface area contributed by atoms with E-state index in [9.17, 15) is 9.50 Å². The Balaban J connectivity index is 2.00. The molecule has 1 aromatic rings. The standard InChI is InChI=1S/C14H20FNO2/c15-13-4-2-1-3-11(13)9-12-10-16(7-8-17)6-5-14(12)18/h1-4,12,14,17-18H,5-10H2/t12-,14-/m1/s1. The van der Waals surface area contributed by atoms with Crippen molar-refractivity contribution in [2.24, 2.45) is 5.92 Å². The summed E-state index contributed by atoms with van der Waals surface area (Å²) in [6.07, 6.45) is 0.870. The quantitative estimate of drug-likeness (QED) is 0.843. The third-order valence-electron chi connectivity index (χ3n) is 3.63. The van der Waals surface area contributed by atoms with E-state index >= 15 is 0 Å². The molecule has 0 aliphatic carbocycles. The Morgan fingerprint density at radius 1 is 1.33 bits per heavy atom. The van der Waals surface area contributed by atoms with Crippen molar-refractivity contribution in [3.05, 3.63) is 35.6 Å². The zero-order chi connectivity index (χ0) is 13.0. The number of nitrogens with zero attached hydrogens (tertiary/aromatic N) is 1. The van der Waals surface area contributed by atoms with Gasteiger partial charge in [0.15, 0.2) is 0 Å². The normalized spacial score (nSPS) is 25.3. The maximum Gasteiger partial charge on any atom is 0.126 e. The van der Waals surface area contributed by atoms with Gasteiger partial charge in [-0.25, -0.2) is 4.39 Å². The monoisotopic (exact) mass is 253 g/mol. The van der Waals surface area contributed by atoms with Crippen LogP contribution in [0.5, 0.6) is 0 Å². The van der Waals surface area contributed by atoms with Crippen molar-refractivity contribution in [1.82, 2.24) is 4.90 Å². The van der Waals surface area contributed by atoms with Crippen LogP contribution in [0.4, 0.5) is 4.39 Å². The van der Waals surface area contributed by atoms with Crippen LogP contribution in [0, 0.1) is 11.7 Å². The second-order valence-corrected chi connectivity index (χ2v) is 4.94. The Hall–Kier alpha value is -0.970. The van der Waals surface area contributed by atoms with E-state index in [1.165, 1.54) is 6.07 Å². The molecule has 2 atom stereocenters. The average Bonchev–Trinajstić information content (AvgIpc) is 2.36. The molecule has 0 saturated carbocycles. The first-order chi connectivity index (χ1) is 8.70. The zero-order valence-electron chi connectivity index (χ0n) is 10.4. The average molecular weight is 253 g/mol. The molecule has 0 radical (unpaired) electrons. The number of piperidine rings is 1. The van der Waals surface area contributed by atoms with Gasteiger partial charge in [0.25, 0.3) is 0 Å². The largest absolute Gasteiger partial charge is 0.395 e. The van der Waals surface area contributed by atoms with Crippen LogP contribution in [-0.2, 0) is 6.42 Å². The highest BCUT2D eigenvalue weighted by Gasteiger charge is 2.28. The lowest BCUT2D eigenvalue weighted by Gasteiger charge is -2.36. The first kappa shape index (κ1) is 13.5. The molecule has 100 valence electrons. The molecule has 0 bridgehead atoms. The molecular weight excluding hydrogens is 233 g/mol. The smallest absolute Gasteiger partial charge is 0.126 e. The maximum absolute atomic E-state index is 13.6. The summed E-state index contributed by atoms with van der Waals surface area (Å²) in [5, 5.41) is 18.9. The number of benzene rings is 1. The number of hydrogen-bond acceptors (Lipinski definition) is 3. The number of likely N-dealkylation sites (tertiary alicyclic amines) is 1. The molecule has 1 saturated heterocycles. The van der Waals surface area contributed by atoms with Gasteiger partial charge in [-0.05, 0) is 24.5 Å². The highest BCUT2D eigenvalue weighted by molar-refractivity contribution is 5.18. The first-order valence-electron chi connectivity index (χ1n) is 6.45. The van der Waals surface area contributed by atoms with Gasteiger partial charge < -0.3 is 15.1 Å². The highest BCUT2D eigenvalue weighted by atomic mass is 19.1. The van der Waals surface area contributed by atoms with E-state index in [1.54, 1.807) is 12.1 Å². The molecule has 1 fully saturated rings. The Bertz CT molecular complexity index is 386. The minimum Gasteiger partial charge on any atom is -0.395 e. The third-order valence-corrected chi connectivity index (χ3v) is 3.63. The van der Waals surface area contributed by atoms with Crippen molar-refractivity contribution in [1.29, 1.82) is 0 Å². The SMILES string of the molecule is OCCN1CC[C@@H](O)[C@H](Cc2ccccc2F)C1. The van der Waals surface area contributed by atoms with Gasteiger partial charge in [-0.15, -0.1) is 0 Å². The number of β-amino-alcohol motifs (C(OH)–C–C–N with tert-alkyl or cyclic N) is 1. The number of aliphatic hydroxyl groups is 2. The molecule has 2 N–H and O–H groups in total. The van der Waals surface area contributed by atoms with Crippen LogP contribution in [0.3, 0.4) is 0 Å². The third kappa shape index (κ3) is 3.28. The zero-order valence-corrected chi connectivity index (χ0v) is 10.4. The second kappa shape index (κ2) is 6.27. The number of halogens is 1. The predicted octanol–water partition coefficient (Wildman–Crippen LogP) is 1.04. The lowest BCUT2D eigenvalue weighted by molar-refractivity contribution is 0.0210. The maximum atomic E-state index is 13.6. The Kier molecular flexibility index (Phi) is 4.69. The van der Waals surface area contributed by atoms with E-state index in [2.05, 4.69) is 4.90 Å². The molecule has 1 heterocycles. The molecule has 18 heavy (non-hydrogen) atoms. The number of rotatable bonds is 4. The van der Waals surface area contributed by atoms with Gasteiger partial charge in [0.05, 0.1) is 12.7 Å². The molecule has 3 nitrogen and oxygen atoms in total. The summed E-state index contributed by atoms with van der Waals surface area (Å²) >= 11 is 0. The van der Waals surface area contributed by atoms with Crippen molar-refractivity contribution >= 4 is 0 Å². The highest BCUT2D eigenvalue weighted by Crippen LogP contribution is 2.22. The molecule has 0 aromatic heterocycles. The van der Waals surface area contributed by atoms with Gasteiger partial charge in [0.2, 0.25) is 0 Å². The minimum absolute atomic E-state index is 0.0437. The first-order valence-corrected chi connectivity index (χ1v) is 6.45. The lowest BCUT2D eigenvalue weighted by Crippen LogP contribution is -2.45. The molecule has 0 spiro atoms. The van der Waals surface area contributed by atoms with Crippen LogP contribution in [0.1, 0.15) is 12.0 Å². The minimum atomic E-state index is -0.375. The predicted molar refractivity (Wildman–Crippen MR) is 67.7 cm³/mol. The summed E-state index contributed by atoms with van der Waals surface area (Å²) in [5.41, 5.74) is 0.660. The fraction of sp³-hybridized carbons (Fsp3) is 0.571. The van der Waals surface area contributed by atoms with Gasteiger partial charge in [0, 0.05) is 25.6 Å². The molecular formula is C14H20FNO2. The van der Waals surface area contributed by atoms with Crippen molar-refractivity contribution < 1.29 is 14.6 Å². The summed E-state index contributed by atoms with van der Waals surface area (Å²) in [7, 11) is 0. The molecule has 1 aliphatic rings. The number of hydrogen-bond donors (Lipinski definition) is 2. The van der Waals surface area contributed by atoms with E-state index in [0.717, 1.165) is 13.1 Å². The summed E-state index contributed by atoms with van der Waals surface area (Å²) in [5.74, 6) is -0.161. The van der Waals surface area contributed by atoms with Crippen LogP contribution in [-0.4, -0.2) is 47.5 Å². The summed E-state index contributed by atoms with van der Waals surface area (Å²) < 4.78 is 13.6. The van der Waals surface area contributed by atoms with Gasteiger partial charge in [-0.2, -0.15) is 0 Å². The molecule has 1 aliphatic heterocycles. The van der Waals surface area contributed by atoms with Gasteiger partial charge >= 0.3 is 0 Å². The fourth-order valence-electron chi connectivity index (χ4n) is 2.59. The van der Waals surface area contributed by atoms with Gasteiger partial charge in [-0.3, -0.25) is 0 Å². The van der Waals surface area contributed by atoms with E-state index in [0.29, 0.717) is 24.9 Å². The molecule has 2 rings (SSSR count). The molecule has 4 heteroatoms. The topological polar surface area (TPSA) is 43.7 Å². The van der Waals surface area contributed by atoms with Crippen molar-refractivity contribution in [3.63, 3.8) is 0 Å². The van der Waals surface area contributed by atoms with Crippen molar-refractivity contribution in [2.45, 2.75) is 18.9 Å². The van der Waals surface area contributed by atoms with E-state index in [4.69, 9.17) is 5.11 Å². The van der Waals surface area contributed by atoms with Crippen LogP contribution >= 0.6 is 0 Å². The van der Waals surface area contributed by atoms with E-state index in [1.807, 2.05) is 6.07 Å². The summed E-state index contributed by atoms with van der Waals surface area (Å²) in [6.45, 7) is 2.27. The van der Waals surface area contributed by atoms with Crippen LogP contribution < -0.4 is 0 Å². The van der Waals surface area contributed by atoms with E-state index in [-0.39, 0.29) is 24.4 Å². The Morgan fingerprint density at radius 2 is 2.11 bits per heavy atom. The molecule has 0 unspecified atom stereocenters. The van der Waals surface area contributed by atoms with Crippen LogP contribution in [0.25, 0.3) is 0 Å². The van der Waals surface area contributed by atoms with Crippen LogP contribution in [0.15, 0.2) is 24.3 Å². The van der Waals surface area contributed by atoms with Crippen molar-refractivity contribution in [2.75, 3.05) is 26.2 Å². The summed E-state index contributed by atoms with van der Waals surface area (Å²) in [4.78, 5) is 2.12. The number of aliphatic hydroxyl groups excluding tert-OH is 2. The van der Waals surface area contributed by atoms with Gasteiger partial charge in [-0.1, -0.05) is 18.2 Å². The summed E-state index contributed by atoms with van der Waals surface area (Å²) in [6, 6.07) is 6.72. The Morgan fingerprint density at radius 3 is 2.83 bits per heavy atom. The molecule has 1 aromatic carbocycles.